The molecule has 124 valence electrons. The van der Waals surface area contributed by atoms with Crippen molar-refractivity contribution in [3.8, 4) is 5.75 Å². The van der Waals surface area contributed by atoms with Crippen molar-refractivity contribution in [3.63, 3.8) is 0 Å². The van der Waals surface area contributed by atoms with Crippen molar-refractivity contribution in [2.24, 2.45) is 5.41 Å². The van der Waals surface area contributed by atoms with Gasteiger partial charge in [-0.25, -0.2) is 0 Å². The minimum absolute atomic E-state index is 0.177. The molecule has 1 rings (SSSR count). The molecule has 2 heteroatoms. The summed E-state index contributed by atoms with van der Waals surface area (Å²) in [7, 11) is 0. The lowest BCUT2D eigenvalue weighted by atomic mass is 9.84. The molecule has 1 aromatic rings. The molecule has 0 saturated heterocycles. The predicted molar refractivity (Wildman–Crippen MR) is 94.1 cm³/mol. The first-order chi connectivity index (χ1) is 9.93. The van der Waals surface area contributed by atoms with Gasteiger partial charge in [0, 0.05) is 0 Å². The van der Waals surface area contributed by atoms with E-state index in [0.29, 0.717) is 6.61 Å². The zero-order chi connectivity index (χ0) is 16.9. The topological polar surface area (TPSA) is 29.5 Å². The molecule has 1 atom stereocenters. The largest absolute Gasteiger partial charge is 0.491 e. The van der Waals surface area contributed by atoms with Gasteiger partial charge in [0.2, 0.25) is 0 Å². The van der Waals surface area contributed by atoms with E-state index in [-0.39, 0.29) is 5.41 Å². The third kappa shape index (κ3) is 11.3. The molecule has 0 aliphatic rings. The quantitative estimate of drug-likeness (QED) is 0.739. The van der Waals surface area contributed by atoms with Crippen molar-refractivity contribution in [1.82, 2.24) is 0 Å². The van der Waals surface area contributed by atoms with Crippen LogP contribution in [0.25, 0.3) is 0 Å². The van der Waals surface area contributed by atoms with E-state index in [2.05, 4.69) is 20.8 Å². The first-order valence-electron chi connectivity index (χ1n) is 8.30. The monoisotopic (exact) mass is 296 g/mol. The van der Waals surface area contributed by atoms with Crippen molar-refractivity contribution >= 4 is 0 Å². The number of rotatable bonds is 6. The SMILES string of the molecule is CC.CC.CCC(C)(C)CC(O)COc1ccc(C)cc1. The number of ether oxygens (including phenoxy) is 1. The summed E-state index contributed by atoms with van der Waals surface area (Å²) in [5, 5.41) is 9.91. The van der Waals surface area contributed by atoms with Crippen LogP contribution >= 0.6 is 0 Å². The summed E-state index contributed by atoms with van der Waals surface area (Å²) in [6.45, 7) is 16.9. The van der Waals surface area contributed by atoms with E-state index in [0.717, 1.165) is 18.6 Å². The van der Waals surface area contributed by atoms with Crippen LogP contribution in [0.5, 0.6) is 5.75 Å². The normalized spacial score (nSPS) is 11.5. The van der Waals surface area contributed by atoms with Gasteiger partial charge < -0.3 is 9.84 Å². The Hall–Kier alpha value is -1.02. The first kappa shape index (κ1) is 22.3. The summed E-state index contributed by atoms with van der Waals surface area (Å²) in [4.78, 5) is 0. The highest BCUT2D eigenvalue weighted by atomic mass is 16.5. The maximum Gasteiger partial charge on any atom is 0.119 e. The molecule has 1 N–H and O–H groups in total. The zero-order valence-corrected chi connectivity index (χ0v) is 15.4. The molecular formula is C19H36O2. The van der Waals surface area contributed by atoms with Crippen LogP contribution in [-0.4, -0.2) is 17.8 Å². The maximum atomic E-state index is 9.91. The molecule has 0 bridgehead atoms. The van der Waals surface area contributed by atoms with Gasteiger partial charge in [-0.15, -0.1) is 0 Å². The van der Waals surface area contributed by atoms with Crippen molar-refractivity contribution in [3.05, 3.63) is 29.8 Å². The third-order valence-corrected chi connectivity index (χ3v) is 3.21. The number of hydrogen-bond acceptors (Lipinski definition) is 2. The molecule has 0 aliphatic heterocycles. The molecule has 2 nitrogen and oxygen atoms in total. The fourth-order valence-corrected chi connectivity index (χ4v) is 1.67. The lowest BCUT2D eigenvalue weighted by Gasteiger charge is -2.25. The molecule has 0 radical (unpaired) electrons. The summed E-state index contributed by atoms with van der Waals surface area (Å²) in [6, 6.07) is 7.90. The van der Waals surface area contributed by atoms with Gasteiger partial charge >= 0.3 is 0 Å². The average molecular weight is 296 g/mol. The predicted octanol–water partition coefficient (Wildman–Crippen LogP) is 5.61. The number of aryl methyl sites for hydroxylation is 1. The molecule has 0 heterocycles. The summed E-state index contributed by atoms with van der Waals surface area (Å²) < 4.78 is 5.56. The van der Waals surface area contributed by atoms with E-state index in [1.165, 1.54) is 5.56 Å². The van der Waals surface area contributed by atoms with Gasteiger partial charge in [-0.1, -0.05) is 72.6 Å². The Labute approximate surface area is 132 Å². The molecular weight excluding hydrogens is 260 g/mol. The van der Waals surface area contributed by atoms with Gasteiger partial charge in [-0.2, -0.15) is 0 Å². The van der Waals surface area contributed by atoms with Crippen LogP contribution in [0.4, 0.5) is 0 Å². The fourth-order valence-electron chi connectivity index (χ4n) is 1.67. The molecule has 0 saturated carbocycles. The second-order valence-corrected chi connectivity index (χ2v) is 5.50. The molecule has 0 spiro atoms. The highest BCUT2D eigenvalue weighted by Crippen LogP contribution is 2.26. The molecule has 21 heavy (non-hydrogen) atoms. The van der Waals surface area contributed by atoms with Crippen LogP contribution < -0.4 is 4.74 Å². The summed E-state index contributed by atoms with van der Waals surface area (Å²) >= 11 is 0. The number of hydrogen-bond donors (Lipinski definition) is 1. The van der Waals surface area contributed by atoms with Crippen molar-refractivity contribution < 1.29 is 9.84 Å². The van der Waals surface area contributed by atoms with Gasteiger partial charge in [0.05, 0.1) is 6.10 Å². The van der Waals surface area contributed by atoms with E-state index < -0.39 is 6.10 Å². The van der Waals surface area contributed by atoms with Crippen molar-refractivity contribution in [2.45, 2.75) is 74.3 Å². The fraction of sp³-hybridized carbons (Fsp3) is 0.684. The Morgan fingerprint density at radius 2 is 1.52 bits per heavy atom. The van der Waals surface area contributed by atoms with E-state index in [1.54, 1.807) is 0 Å². The van der Waals surface area contributed by atoms with Crippen LogP contribution in [0, 0.1) is 12.3 Å². The molecule has 0 aliphatic carbocycles. The lowest BCUT2D eigenvalue weighted by Crippen LogP contribution is -2.25. The Bertz CT molecular complexity index is 328. The Morgan fingerprint density at radius 3 is 1.95 bits per heavy atom. The van der Waals surface area contributed by atoms with Gasteiger partial charge in [0.15, 0.2) is 0 Å². The maximum absolute atomic E-state index is 9.91. The van der Waals surface area contributed by atoms with Crippen LogP contribution in [-0.2, 0) is 0 Å². The number of aliphatic hydroxyl groups is 1. The summed E-state index contributed by atoms with van der Waals surface area (Å²) in [5.74, 6) is 0.823. The van der Waals surface area contributed by atoms with E-state index in [1.807, 2.05) is 58.9 Å². The molecule has 0 amide bonds. The highest BCUT2D eigenvalue weighted by molar-refractivity contribution is 5.26. The molecule has 0 fully saturated rings. The van der Waals surface area contributed by atoms with Crippen LogP contribution in [0.1, 0.15) is 66.9 Å². The number of aliphatic hydroxyl groups excluding tert-OH is 1. The first-order valence-corrected chi connectivity index (χ1v) is 8.30. The van der Waals surface area contributed by atoms with E-state index in [9.17, 15) is 5.11 Å². The van der Waals surface area contributed by atoms with Gasteiger partial charge in [0.25, 0.3) is 0 Å². The average Bonchev–Trinajstić information content (AvgIpc) is 2.50. The van der Waals surface area contributed by atoms with Gasteiger partial charge in [0.1, 0.15) is 12.4 Å². The lowest BCUT2D eigenvalue weighted by molar-refractivity contribution is 0.0650. The number of benzene rings is 1. The Morgan fingerprint density at radius 1 is 1.05 bits per heavy atom. The third-order valence-electron chi connectivity index (χ3n) is 3.21. The second-order valence-electron chi connectivity index (χ2n) is 5.50. The van der Waals surface area contributed by atoms with Crippen LogP contribution in [0.2, 0.25) is 0 Å². The van der Waals surface area contributed by atoms with Gasteiger partial charge in [-0.05, 0) is 30.9 Å². The summed E-state index contributed by atoms with van der Waals surface area (Å²) in [6.07, 6.45) is 1.44. The second kappa shape index (κ2) is 12.7. The Balaban J connectivity index is 0. The standard InChI is InChI=1S/C15H24O2.2C2H6/c1-5-15(3,4)10-13(16)11-17-14-8-6-12(2)7-9-14;2*1-2/h6-9,13,16H,5,10-11H2,1-4H3;2*1-2H3. The van der Waals surface area contributed by atoms with Gasteiger partial charge in [-0.3, -0.25) is 0 Å². The Kier molecular flexibility index (Phi) is 13.5. The molecule has 0 aromatic heterocycles. The molecule has 1 unspecified atom stereocenters. The minimum Gasteiger partial charge on any atom is -0.491 e. The van der Waals surface area contributed by atoms with E-state index >= 15 is 0 Å². The van der Waals surface area contributed by atoms with Crippen molar-refractivity contribution in [2.75, 3.05) is 6.61 Å². The smallest absolute Gasteiger partial charge is 0.119 e. The van der Waals surface area contributed by atoms with Crippen LogP contribution in [0.3, 0.4) is 0 Å². The zero-order valence-electron chi connectivity index (χ0n) is 15.4. The van der Waals surface area contributed by atoms with E-state index in [4.69, 9.17) is 4.74 Å². The van der Waals surface area contributed by atoms with Crippen molar-refractivity contribution in [1.29, 1.82) is 0 Å². The highest BCUT2D eigenvalue weighted by Gasteiger charge is 2.20. The minimum atomic E-state index is -0.397. The van der Waals surface area contributed by atoms with Crippen LogP contribution in [0.15, 0.2) is 24.3 Å². The molecule has 1 aromatic carbocycles. The summed E-state index contributed by atoms with van der Waals surface area (Å²) in [5.41, 5.74) is 1.39.